The number of halogens is 1. The molecule has 1 aromatic carbocycles. The third-order valence-electron chi connectivity index (χ3n) is 2.96. The number of nitrogens with one attached hydrogen (secondary N) is 1. The second kappa shape index (κ2) is 4.07. The van der Waals surface area contributed by atoms with Crippen molar-refractivity contribution >= 4 is 17.5 Å². The Morgan fingerprint density at radius 2 is 2.25 bits per heavy atom. The van der Waals surface area contributed by atoms with Crippen LogP contribution >= 0.6 is 11.6 Å². The van der Waals surface area contributed by atoms with Gasteiger partial charge in [0.1, 0.15) is 5.54 Å². The zero-order chi connectivity index (χ0) is 11.8. The predicted molar refractivity (Wildman–Crippen MR) is 64.2 cm³/mol. The number of rotatable bonds is 4. The highest BCUT2D eigenvalue weighted by Crippen LogP contribution is 2.29. The summed E-state index contributed by atoms with van der Waals surface area (Å²) in [6, 6.07) is 7.65. The minimum atomic E-state index is -0.827. The Kier molecular flexibility index (Phi) is 2.91. The molecule has 16 heavy (non-hydrogen) atoms. The van der Waals surface area contributed by atoms with E-state index in [1.165, 1.54) is 0 Å². The maximum Gasteiger partial charge on any atom is 0.242 e. The van der Waals surface area contributed by atoms with Crippen molar-refractivity contribution in [2.24, 2.45) is 5.73 Å². The zero-order valence-corrected chi connectivity index (χ0v) is 9.92. The van der Waals surface area contributed by atoms with Gasteiger partial charge in [-0.25, -0.2) is 0 Å². The Morgan fingerprint density at radius 3 is 2.75 bits per heavy atom. The van der Waals surface area contributed by atoms with Crippen molar-refractivity contribution in [1.29, 1.82) is 0 Å². The summed E-state index contributed by atoms with van der Waals surface area (Å²) in [5, 5.41) is 3.89. The molecule has 1 atom stereocenters. The average Bonchev–Trinajstić information content (AvgIpc) is 3.01. The van der Waals surface area contributed by atoms with E-state index >= 15 is 0 Å². The molecule has 0 aliphatic heterocycles. The molecule has 1 aliphatic rings. The Labute approximate surface area is 100.0 Å². The molecule has 0 radical (unpaired) electrons. The zero-order valence-electron chi connectivity index (χ0n) is 9.16. The Morgan fingerprint density at radius 1 is 1.56 bits per heavy atom. The van der Waals surface area contributed by atoms with Crippen LogP contribution in [0, 0.1) is 0 Å². The molecule has 0 heterocycles. The molecule has 0 saturated heterocycles. The predicted octanol–water partition coefficient (Wildman–Crippen LogP) is 1.79. The summed E-state index contributed by atoms with van der Waals surface area (Å²) in [4.78, 5) is 11.6. The molecule has 2 rings (SSSR count). The highest BCUT2D eigenvalue weighted by Gasteiger charge is 2.38. The number of nitrogens with two attached hydrogens (primary N) is 1. The third-order valence-corrected chi connectivity index (χ3v) is 3.20. The van der Waals surface area contributed by atoms with Crippen molar-refractivity contribution in [1.82, 2.24) is 5.32 Å². The van der Waals surface area contributed by atoms with Crippen LogP contribution in [0.15, 0.2) is 24.3 Å². The molecular formula is C12H15ClN2O. The molecular weight excluding hydrogens is 224 g/mol. The van der Waals surface area contributed by atoms with Gasteiger partial charge in [0, 0.05) is 11.1 Å². The van der Waals surface area contributed by atoms with E-state index in [-0.39, 0.29) is 5.91 Å². The van der Waals surface area contributed by atoms with Gasteiger partial charge in [-0.15, -0.1) is 0 Å². The fourth-order valence-electron chi connectivity index (χ4n) is 1.73. The van der Waals surface area contributed by atoms with E-state index in [9.17, 15) is 4.79 Å². The van der Waals surface area contributed by atoms with Crippen molar-refractivity contribution in [3.63, 3.8) is 0 Å². The first kappa shape index (κ1) is 11.4. The summed E-state index contributed by atoms with van der Waals surface area (Å²) in [5.74, 6) is -0.373. The van der Waals surface area contributed by atoms with Crippen LogP contribution in [-0.4, -0.2) is 11.9 Å². The lowest BCUT2D eigenvalue weighted by Crippen LogP contribution is -2.51. The summed E-state index contributed by atoms with van der Waals surface area (Å²) < 4.78 is 0. The number of amides is 1. The highest BCUT2D eigenvalue weighted by atomic mass is 35.5. The van der Waals surface area contributed by atoms with Gasteiger partial charge in [-0.3, -0.25) is 10.1 Å². The SMILES string of the molecule is CC(NC1CC1)(C(N)=O)c1cccc(Cl)c1. The smallest absolute Gasteiger partial charge is 0.242 e. The molecule has 4 heteroatoms. The number of carbonyl (C=O) groups excluding carboxylic acids is 1. The normalized spacial score (nSPS) is 19.1. The van der Waals surface area contributed by atoms with E-state index in [0.717, 1.165) is 18.4 Å². The van der Waals surface area contributed by atoms with Crippen LogP contribution in [-0.2, 0) is 10.3 Å². The Hall–Kier alpha value is -1.06. The number of hydrogen-bond donors (Lipinski definition) is 2. The Balaban J connectivity index is 2.33. The lowest BCUT2D eigenvalue weighted by atomic mass is 9.91. The molecule has 3 nitrogen and oxygen atoms in total. The lowest BCUT2D eigenvalue weighted by Gasteiger charge is -2.28. The summed E-state index contributed by atoms with van der Waals surface area (Å²) >= 11 is 5.93. The molecule has 3 N–H and O–H groups in total. The van der Waals surface area contributed by atoms with Gasteiger partial charge < -0.3 is 5.73 Å². The number of benzene rings is 1. The van der Waals surface area contributed by atoms with Crippen LogP contribution in [0.2, 0.25) is 5.02 Å². The van der Waals surface area contributed by atoms with E-state index in [0.29, 0.717) is 11.1 Å². The standard InChI is InChI=1S/C12H15ClN2O/c1-12(11(14)16,15-10-5-6-10)8-3-2-4-9(13)7-8/h2-4,7,10,15H,5-6H2,1H3,(H2,14,16). The van der Waals surface area contributed by atoms with Crippen LogP contribution in [0.1, 0.15) is 25.3 Å². The number of carbonyl (C=O) groups is 1. The van der Waals surface area contributed by atoms with Gasteiger partial charge in [-0.2, -0.15) is 0 Å². The quantitative estimate of drug-likeness (QED) is 0.841. The van der Waals surface area contributed by atoms with E-state index in [1.807, 2.05) is 12.1 Å². The molecule has 1 aliphatic carbocycles. The van der Waals surface area contributed by atoms with Crippen LogP contribution in [0.25, 0.3) is 0 Å². The highest BCUT2D eigenvalue weighted by molar-refractivity contribution is 6.30. The fourth-order valence-corrected chi connectivity index (χ4v) is 1.92. The number of hydrogen-bond acceptors (Lipinski definition) is 2. The number of primary amides is 1. The van der Waals surface area contributed by atoms with Gasteiger partial charge in [-0.1, -0.05) is 23.7 Å². The molecule has 1 saturated carbocycles. The second-order valence-corrected chi connectivity index (χ2v) is 4.85. The fraction of sp³-hybridized carbons (Fsp3) is 0.417. The van der Waals surface area contributed by atoms with E-state index in [4.69, 9.17) is 17.3 Å². The summed E-state index contributed by atoms with van der Waals surface area (Å²) in [5.41, 5.74) is 5.48. The van der Waals surface area contributed by atoms with Gasteiger partial charge >= 0.3 is 0 Å². The molecule has 1 amide bonds. The van der Waals surface area contributed by atoms with E-state index < -0.39 is 5.54 Å². The largest absolute Gasteiger partial charge is 0.368 e. The molecule has 1 fully saturated rings. The van der Waals surface area contributed by atoms with Crippen LogP contribution in [0.5, 0.6) is 0 Å². The summed E-state index contributed by atoms with van der Waals surface area (Å²) in [6.45, 7) is 1.80. The van der Waals surface area contributed by atoms with Crippen molar-refractivity contribution in [2.45, 2.75) is 31.3 Å². The maximum absolute atomic E-state index is 11.6. The minimum absolute atomic E-state index is 0.373. The maximum atomic E-state index is 11.6. The lowest BCUT2D eigenvalue weighted by molar-refractivity contribution is -0.124. The molecule has 0 bridgehead atoms. The average molecular weight is 239 g/mol. The van der Waals surface area contributed by atoms with Crippen LogP contribution < -0.4 is 11.1 Å². The van der Waals surface area contributed by atoms with Crippen LogP contribution in [0.4, 0.5) is 0 Å². The topological polar surface area (TPSA) is 55.1 Å². The van der Waals surface area contributed by atoms with Gasteiger partial charge in [0.25, 0.3) is 0 Å². The summed E-state index contributed by atoms with van der Waals surface area (Å²) in [7, 11) is 0. The monoisotopic (exact) mass is 238 g/mol. The van der Waals surface area contributed by atoms with Crippen molar-refractivity contribution in [3.8, 4) is 0 Å². The molecule has 0 aromatic heterocycles. The van der Waals surface area contributed by atoms with E-state index in [1.54, 1.807) is 19.1 Å². The Bertz CT molecular complexity index is 417. The molecule has 1 aromatic rings. The second-order valence-electron chi connectivity index (χ2n) is 4.42. The molecule has 86 valence electrons. The van der Waals surface area contributed by atoms with E-state index in [2.05, 4.69) is 5.32 Å². The first-order chi connectivity index (χ1) is 7.52. The van der Waals surface area contributed by atoms with Crippen molar-refractivity contribution in [2.75, 3.05) is 0 Å². The molecule has 0 spiro atoms. The van der Waals surface area contributed by atoms with Crippen molar-refractivity contribution < 1.29 is 4.79 Å². The van der Waals surface area contributed by atoms with Crippen molar-refractivity contribution in [3.05, 3.63) is 34.9 Å². The minimum Gasteiger partial charge on any atom is -0.368 e. The van der Waals surface area contributed by atoms with Gasteiger partial charge in [0.05, 0.1) is 0 Å². The summed E-state index contributed by atoms with van der Waals surface area (Å²) in [6.07, 6.45) is 2.20. The van der Waals surface area contributed by atoms with Gasteiger partial charge in [-0.05, 0) is 37.5 Å². The third kappa shape index (κ3) is 2.20. The van der Waals surface area contributed by atoms with Gasteiger partial charge in [0.15, 0.2) is 0 Å². The first-order valence-electron chi connectivity index (χ1n) is 5.36. The first-order valence-corrected chi connectivity index (χ1v) is 5.74. The van der Waals surface area contributed by atoms with Crippen LogP contribution in [0.3, 0.4) is 0 Å². The molecule has 1 unspecified atom stereocenters. The van der Waals surface area contributed by atoms with Gasteiger partial charge in [0.2, 0.25) is 5.91 Å².